The number of hydrogen-bond acceptors (Lipinski definition) is 1. The predicted octanol–water partition coefficient (Wildman–Crippen LogP) is 5.29. The zero-order chi connectivity index (χ0) is 15.2. The van der Waals surface area contributed by atoms with Gasteiger partial charge in [0, 0.05) is 12.1 Å². The monoisotopic (exact) mass is 275 g/mol. The molecular weight excluding hydrogens is 242 g/mol. The second kappa shape index (κ2) is 7.83. The normalized spacial score (nSPS) is 13.8. The van der Waals surface area contributed by atoms with Crippen molar-refractivity contribution in [1.29, 1.82) is 0 Å². The number of benzene rings is 1. The molecule has 0 aromatic heterocycles. The number of hydrogen-bond donors (Lipinski definition) is 1. The average molecular weight is 275 g/mol. The molecule has 20 heavy (non-hydrogen) atoms. The lowest BCUT2D eigenvalue weighted by atomic mass is 9.85. The fourth-order valence-electron chi connectivity index (χ4n) is 2.72. The van der Waals surface area contributed by atoms with Gasteiger partial charge in [-0.2, -0.15) is 0 Å². The first kappa shape index (κ1) is 17.2. The molecule has 1 aromatic rings. The van der Waals surface area contributed by atoms with Crippen molar-refractivity contribution in [2.45, 2.75) is 72.3 Å². The SMILES string of the molecule is CCC(CC)CC(CNC(C)(C)C)c1cccc(C)c1. The van der Waals surface area contributed by atoms with Crippen LogP contribution in [-0.2, 0) is 0 Å². The van der Waals surface area contributed by atoms with Gasteiger partial charge in [-0.05, 0) is 51.5 Å². The molecule has 0 heterocycles. The van der Waals surface area contributed by atoms with Crippen LogP contribution in [0.5, 0.6) is 0 Å². The van der Waals surface area contributed by atoms with Gasteiger partial charge < -0.3 is 5.32 Å². The third kappa shape index (κ3) is 6.09. The standard InChI is InChI=1S/C19H33N/c1-7-16(8-2)13-18(14-20-19(4,5)6)17-11-9-10-15(3)12-17/h9-12,16,18,20H,7-8,13-14H2,1-6H3. The largest absolute Gasteiger partial charge is 0.311 e. The maximum absolute atomic E-state index is 3.69. The maximum Gasteiger partial charge on any atom is 0.00967 e. The van der Waals surface area contributed by atoms with Crippen LogP contribution in [0.3, 0.4) is 0 Å². The highest BCUT2D eigenvalue weighted by Crippen LogP contribution is 2.28. The molecule has 1 aromatic carbocycles. The van der Waals surface area contributed by atoms with Crippen molar-refractivity contribution in [3.8, 4) is 0 Å². The van der Waals surface area contributed by atoms with E-state index in [2.05, 4.69) is 71.1 Å². The van der Waals surface area contributed by atoms with Crippen LogP contribution >= 0.6 is 0 Å². The molecule has 0 bridgehead atoms. The molecule has 1 rings (SSSR count). The smallest absolute Gasteiger partial charge is 0.00967 e. The lowest BCUT2D eigenvalue weighted by molar-refractivity contribution is 0.356. The molecular formula is C19H33N. The Morgan fingerprint density at radius 1 is 1.10 bits per heavy atom. The number of nitrogens with one attached hydrogen (secondary N) is 1. The van der Waals surface area contributed by atoms with Gasteiger partial charge in [0.2, 0.25) is 0 Å². The summed E-state index contributed by atoms with van der Waals surface area (Å²) in [5.41, 5.74) is 3.05. The number of rotatable bonds is 7. The molecule has 114 valence electrons. The van der Waals surface area contributed by atoms with Crippen molar-refractivity contribution in [1.82, 2.24) is 5.32 Å². The fraction of sp³-hybridized carbons (Fsp3) is 0.684. The molecule has 0 aliphatic heterocycles. The highest BCUT2D eigenvalue weighted by atomic mass is 14.9. The van der Waals surface area contributed by atoms with Gasteiger partial charge in [0.1, 0.15) is 0 Å². The lowest BCUT2D eigenvalue weighted by Gasteiger charge is -2.28. The summed E-state index contributed by atoms with van der Waals surface area (Å²) in [6.45, 7) is 14.6. The molecule has 0 saturated carbocycles. The van der Waals surface area contributed by atoms with Gasteiger partial charge in [-0.15, -0.1) is 0 Å². The van der Waals surface area contributed by atoms with Gasteiger partial charge in [-0.3, -0.25) is 0 Å². The van der Waals surface area contributed by atoms with E-state index in [1.807, 2.05) is 0 Å². The van der Waals surface area contributed by atoms with Crippen molar-refractivity contribution in [3.63, 3.8) is 0 Å². The summed E-state index contributed by atoms with van der Waals surface area (Å²) in [6, 6.07) is 9.04. The number of aryl methyl sites for hydroxylation is 1. The van der Waals surface area contributed by atoms with Crippen LogP contribution < -0.4 is 5.32 Å². The van der Waals surface area contributed by atoms with Crippen LogP contribution in [0, 0.1) is 12.8 Å². The van der Waals surface area contributed by atoms with Gasteiger partial charge in [-0.1, -0.05) is 56.5 Å². The summed E-state index contributed by atoms with van der Waals surface area (Å²) >= 11 is 0. The van der Waals surface area contributed by atoms with Crippen LogP contribution in [0.1, 0.15) is 70.9 Å². The van der Waals surface area contributed by atoms with Crippen LogP contribution in [-0.4, -0.2) is 12.1 Å². The second-order valence-electron chi connectivity index (χ2n) is 7.16. The maximum atomic E-state index is 3.69. The fourth-order valence-corrected chi connectivity index (χ4v) is 2.72. The molecule has 1 N–H and O–H groups in total. The summed E-state index contributed by atoms with van der Waals surface area (Å²) in [5.74, 6) is 1.46. The van der Waals surface area contributed by atoms with E-state index < -0.39 is 0 Å². The van der Waals surface area contributed by atoms with Gasteiger partial charge in [0.25, 0.3) is 0 Å². The Balaban J connectivity index is 2.83. The Morgan fingerprint density at radius 2 is 1.75 bits per heavy atom. The molecule has 0 fully saturated rings. The van der Waals surface area contributed by atoms with Gasteiger partial charge in [0.15, 0.2) is 0 Å². The first-order valence-corrected chi connectivity index (χ1v) is 8.17. The van der Waals surface area contributed by atoms with Crippen LogP contribution in [0.25, 0.3) is 0 Å². The molecule has 1 nitrogen and oxygen atoms in total. The van der Waals surface area contributed by atoms with Crippen LogP contribution in [0.2, 0.25) is 0 Å². The van der Waals surface area contributed by atoms with Gasteiger partial charge in [0.05, 0.1) is 0 Å². The van der Waals surface area contributed by atoms with Crippen molar-refractivity contribution in [2.24, 2.45) is 5.92 Å². The molecule has 1 heteroatoms. The molecule has 0 spiro atoms. The zero-order valence-electron chi connectivity index (χ0n) is 14.3. The van der Waals surface area contributed by atoms with E-state index >= 15 is 0 Å². The van der Waals surface area contributed by atoms with E-state index in [1.54, 1.807) is 0 Å². The Labute approximate surface area is 126 Å². The lowest BCUT2D eigenvalue weighted by Crippen LogP contribution is -2.39. The molecule has 1 atom stereocenters. The quantitative estimate of drug-likeness (QED) is 0.712. The summed E-state index contributed by atoms with van der Waals surface area (Å²) in [5, 5.41) is 3.69. The van der Waals surface area contributed by atoms with Crippen molar-refractivity contribution >= 4 is 0 Å². The molecule has 0 radical (unpaired) electrons. The third-order valence-corrected chi connectivity index (χ3v) is 4.16. The Morgan fingerprint density at radius 3 is 2.25 bits per heavy atom. The van der Waals surface area contributed by atoms with E-state index in [9.17, 15) is 0 Å². The van der Waals surface area contributed by atoms with Crippen LogP contribution in [0.15, 0.2) is 24.3 Å². The summed E-state index contributed by atoms with van der Waals surface area (Å²) < 4.78 is 0. The minimum atomic E-state index is 0.190. The third-order valence-electron chi connectivity index (χ3n) is 4.16. The van der Waals surface area contributed by atoms with Crippen molar-refractivity contribution in [3.05, 3.63) is 35.4 Å². The summed E-state index contributed by atoms with van der Waals surface area (Å²) in [7, 11) is 0. The average Bonchev–Trinajstić information content (AvgIpc) is 2.38. The van der Waals surface area contributed by atoms with E-state index in [4.69, 9.17) is 0 Å². The van der Waals surface area contributed by atoms with E-state index in [-0.39, 0.29) is 5.54 Å². The van der Waals surface area contributed by atoms with E-state index in [0.29, 0.717) is 5.92 Å². The second-order valence-corrected chi connectivity index (χ2v) is 7.16. The summed E-state index contributed by atoms with van der Waals surface area (Å²) in [6.07, 6.45) is 3.86. The predicted molar refractivity (Wildman–Crippen MR) is 90.4 cm³/mol. The van der Waals surface area contributed by atoms with Crippen LogP contribution in [0.4, 0.5) is 0 Å². The first-order valence-electron chi connectivity index (χ1n) is 8.17. The minimum Gasteiger partial charge on any atom is -0.311 e. The molecule has 0 amide bonds. The minimum absolute atomic E-state index is 0.190. The van der Waals surface area contributed by atoms with E-state index in [1.165, 1.54) is 30.4 Å². The Hall–Kier alpha value is -0.820. The van der Waals surface area contributed by atoms with Crippen molar-refractivity contribution in [2.75, 3.05) is 6.54 Å². The molecule has 0 aliphatic rings. The highest BCUT2D eigenvalue weighted by Gasteiger charge is 2.19. The van der Waals surface area contributed by atoms with Gasteiger partial charge >= 0.3 is 0 Å². The Bertz CT molecular complexity index is 385. The van der Waals surface area contributed by atoms with Crippen molar-refractivity contribution < 1.29 is 0 Å². The highest BCUT2D eigenvalue weighted by molar-refractivity contribution is 5.26. The Kier molecular flexibility index (Phi) is 6.75. The summed E-state index contributed by atoms with van der Waals surface area (Å²) in [4.78, 5) is 0. The molecule has 0 aliphatic carbocycles. The zero-order valence-corrected chi connectivity index (χ0v) is 14.3. The topological polar surface area (TPSA) is 12.0 Å². The molecule has 1 unspecified atom stereocenters. The van der Waals surface area contributed by atoms with Gasteiger partial charge in [-0.25, -0.2) is 0 Å². The first-order chi connectivity index (χ1) is 9.35. The van der Waals surface area contributed by atoms with E-state index in [0.717, 1.165) is 12.5 Å². The molecule has 0 saturated heterocycles.